The maximum Gasteiger partial charge on any atom is 0.573 e. The van der Waals surface area contributed by atoms with Crippen LogP contribution in [0.15, 0.2) is 48.5 Å². The molecule has 0 atom stereocenters. The van der Waals surface area contributed by atoms with Crippen LogP contribution in [0.25, 0.3) is 0 Å². The highest BCUT2D eigenvalue weighted by molar-refractivity contribution is 5.94. The molecular weight excluding hydrogens is 333 g/mol. The Kier molecular flexibility index (Phi) is 4.57. The number of hydrogen-bond acceptors (Lipinski definition) is 2. The highest BCUT2D eigenvalue weighted by atomic mass is 19.4. The van der Waals surface area contributed by atoms with E-state index >= 15 is 0 Å². The van der Waals surface area contributed by atoms with E-state index in [1.807, 2.05) is 24.3 Å². The Balaban J connectivity index is 1.75. The van der Waals surface area contributed by atoms with Gasteiger partial charge in [0.25, 0.3) is 0 Å². The summed E-state index contributed by atoms with van der Waals surface area (Å²) in [5.41, 5.74) is 2.23. The number of alkyl halides is 3. The first-order valence-electron chi connectivity index (χ1n) is 7.79. The van der Waals surface area contributed by atoms with E-state index < -0.39 is 6.36 Å². The zero-order valence-corrected chi connectivity index (χ0v) is 13.6. The molecule has 0 unspecified atom stereocenters. The Bertz CT molecular complexity index is 777. The van der Waals surface area contributed by atoms with E-state index in [0.717, 1.165) is 17.7 Å². The smallest absolute Gasteiger partial charge is 0.405 e. The average molecular weight is 350 g/mol. The van der Waals surface area contributed by atoms with Crippen molar-refractivity contribution in [2.24, 2.45) is 0 Å². The van der Waals surface area contributed by atoms with Crippen LogP contribution >= 0.6 is 0 Å². The summed E-state index contributed by atoms with van der Waals surface area (Å²) in [6.07, 6.45) is -4.00. The van der Waals surface area contributed by atoms with Gasteiger partial charge in [-0.2, -0.15) is 0 Å². The van der Waals surface area contributed by atoms with Crippen LogP contribution in [0, 0.1) is 0 Å². The lowest BCUT2D eigenvalue weighted by atomic mass is 10.2. The summed E-state index contributed by atoms with van der Waals surface area (Å²) in [6, 6.07) is 13.2. The molecular formula is C18H17F3N2O2. The minimum absolute atomic E-state index is 0.0176. The SMILES string of the molecule is CN(Cc1ccccc1OC(F)(F)F)C(=O)N1CCc2ccccc21. The highest BCUT2D eigenvalue weighted by Crippen LogP contribution is 2.30. The van der Waals surface area contributed by atoms with E-state index in [1.165, 1.54) is 23.1 Å². The van der Waals surface area contributed by atoms with E-state index in [1.54, 1.807) is 18.0 Å². The van der Waals surface area contributed by atoms with Crippen molar-refractivity contribution >= 4 is 11.7 Å². The first kappa shape index (κ1) is 17.1. The molecule has 2 amide bonds. The minimum atomic E-state index is -4.77. The number of urea groups is 1. The van der Waals surface area contributed by atoms with Crippen LogP contribution in [0.1, 0.15) is 11.1 Å². The Labute approximate surface area is 143 Å². The van der Waals surface area contributed by atoms with Crippen molar-refractivity contribution in [2.75, 3.05) is 18.5 Å². The largest absolute Gasteiger partial charge is 0.573 e. The van der Waals surface area contributed by atoms with Crippen molar-refractivity contribution in [3.8, 4) is 5.75 Å². The fraction of sp³-hybridized carbons (Fsp3) is 0.278. The van der Waals surface area contributed by atoms with E-state index in [-0.39, 0.29) is 18.3 Å². The molecule has 0 N–H and O–H groups in total. The number of amides is 2. The van der Waals surface area contributed by atoms with Gasteiger partial charge in [0.1, 0.15) is 5.75 Å². The number of hydrogen-bond donors (Lipinski definition) is 0. The molecule has 2 aromatic carbocycles. The summed E-state index contributed by atoms with van der Waals surface area (Å²) in [5, 5.41) is 0. The number of fused-ring (bicyclic) bond motifs is 1. The number of para-hydroxylation sites is 2. The molecule has 7 heteroatoms. The molecule has 1 aliphatic heterocycles. The molecule has 4 nitrogen and oxygen atoms in total. The van der Waals surface area contributed by atoms with Crippen molar-refractivity contribution in [2.45, 2.75) is 19.3 Å². The van der Waals surface area contributed by atoms with Crippen LogP contribution < -0.4 is 9.64 Å². The third-order valence-electron chi connectivity index (χ3n) is 4.05. The molecule has 3 rings (SSSR count). The van der Waals surface area contributed by atoms with Crippen molar-refractivity contribution in [3.05, 3.63) is 59.7 Å². The Hall–Kier alpha value is -2.70. The molecule has 132 valence electrons. The normalized spacial score (nSPS) is 13.5. The predicted octanol–water partition coefficient (Wildman–Crippen LogP) is 4.20. The van der Waals surface area contributed by atoms with Gasteiger partial charge in [0.15, 0.2) is 0 Å². The Morgan fingerprint density at radius 3 is 2.60 bits per heavy atom. The second-order valence-corrected chi connectivity index (χ2v) is 5.82. The number of benzene rings is 2. The fourth-order valence-electron chi connectivity index (χ4n) is 2.92. The summed E-state index contributed by atoms with van der Waals surface area (Å²) in [5.74, 6) is -0.295. The van der Waals surface area contributed by atoms with Gasteiger partial charge in [-0.15, -0.1) is 13.2 Å². The first-order chi connectivity index (χ1) is 11.8. The van der Waals surface area contributed by atoms with Gasteiger partial charge in [-0.05, 0) is 24.1 Å². The van der Waals surface area contributed by atoms with Crippen LogP contribution in [-0.4, -0.2) is 30.9 Å². The van der Waals surface area contributed by atoms with Crippen LogP contribution in [0.3, 0.4) is 0 Å². The number of ether oxygens (including phenoxy) is 1. The Morgan fingerprint density at radius 2 is 1.84 bits per heavy atom. The van der Waals surface area contributed by atoms with Crippen LogP contribution in [0.5, 0.6) is 5.75 Å². The molecule has 0 spiro atoms. The van der Waals surface area contributed by atoms with Gasteiger partial charge >= 0.3 is 12.4 Å². The molecule has 0 aromatic heterocycles. The van der Waals surface area contributed by atoms with E-state index in [4.69, 9.17) is 0 Å². The number of carbonyl (C=O) groups excluding carboxylic acids is 1. The highest BCUT2D eigenvalue weighted by Gasteiger charge is 2.32. The maximum atomic E-state index is 12.7. The van der Waals surface area contributed by atoms with Gasteiger partial charge in [-0.1, -0.05) is 36.4 Å². The average Bonchev–Trinajstić information content (AvgIpc) is 2.98. The van der Waals surface area contributed by atoms with Crippen LogP contribution in [-0.2, 0) is 13.0 Å². The second kappa shape index (κ2) is 6.66. The third-order valence-corrected chi connectivity index (χ3v) is 4.05. The lowest BCUT2D eigenvalue weighted by molar-refractivity contribution is -0.275. The molecule has 0 fully saturated rings. The molecule has 1 aliphatic rings. The number of nitrogens with zero attached hydrogens (tertiary/aromatic N) is 2. The lowest BCUT2D eigenvalue weighted by Crippen LogP contribution is -2.40. The topological polar surface area (TPSA) is 32.8 Å². The number of carbonyl (C=O) groups is 1. The van der Waals surface area contributed by atoms with Gasteiger partial charge in [0.05, 0.1) is 6.54 Å². The summed E-state index contributed by atoms with van der Waals surface area (Å²) in [7, 11) is 1.56. The van der Waals surface area contributed by atoms with Gasteiger partial charge in [-0.25, -0.2) is 4.79 Å². The molecule has 0 radical (unpaired) electrons. The van der Waals surface area contributed by atoms with Crippen molar-refractivity contribution in [3.63, 3.8) is 0 Å². The molecule has 0 saturated carbocycles. The number of anilines is 1. The first-order valence-corrected chi connectivity index (χ1v) is 7.79. The summed E-state index contributed by atoms with van der Waals surface area (Å²) in [4.78, 5) is 15.7. The molecule has 0 aliphatic carbocycles. The van der Waals surface area contributed by atoms with Crippen LogP contribution in [0.4, 0.5) is 23.7 Å². The molecule has 2 aromatic rings. The fourth-order valence-corrected chi connectivity index (χ4v) is 2.92. The minimum Gasteiger partial charge on any atom is -0.405 e. The van der Waals surface area contributed by atoms with Gasteiger partial charge in [-0.3, -0.25) is 4.90 Å². The van der Waals surface area contributed by atoms with Crippen LogP contribution in [0.2, 0.25) is 0 Å². The number of halogens is 3. The summed E-state index contributed by atoms with van der Waals surface area (Å²) in [6.45, 7) is 0.576. The second-order valence-electron chi connectivity index (χ2n) is 5.82. The molecule has 0 saturated heterocycles. The summed E-state index contributed by atoms with van der Waals surface area (Å²) < 4.78 is 41.6. The lowest BCUT2D eigenvalue weighted by Gasteiger charge is -2.26. The van der Waals surface area contributed by atoms with E-state index in [2.05, 4.69) is 4.74 Å². The van der Waals surface area contributed by atoms with Crippen molar-refractivity contribution < 1.29 is 22.7 Å². The van der Waals surface area contributed by atoms with Crippen molar-refractivity contribution in [1.82, 2.24) is 4.90 Å². The Morgan fingerprint density at radius 1 is 1.16 bits per heavy atom. The molecule has 25 heavy (non-hydrogen) atoms. The molecule has 0 bridgehead atoms. The van der Waals surface area contributed by atoms with Crippen molar-refractivity contribution in [1.29, 1.82) is 0 Å². The van der Waals surface area contributed by atoms with Gasteiger partial charge in [0, 0.05) is 24.8 Å². The number of rotatable bonds is 3. The quantitative estimate of drug-likeness (QED) is 0.831. The third kappa shape index (κ3) is 3.87. The van der Waals surface area contributed by atoms with E-state index in [9.17, 15) is 18.0 Å². The van der Waals surface area contributed by atoms with Gasteiger partial charge < -0.3 is 9.64 Å². The predicted molar refractivity (Wildman–Crippen MR) is 87.5 cm³/mol. The molecule has 1 heterocycles. The maximum absolute atomic E-state index is 12.7. The van der Waals surface area contributed by atoms with Gasteiger partial charge in [0.2, 0.25) is 0 Å². The summed E-state index contributed by atoms with van der Waals surface area (Å²) >= 11 is 0. The van der Waals surface area contributed by atoms with E-state index in [0.29, 0.717) is 12.1 Å². The zero-order valence-electron chi connectivity index (χ0n) is 13.6. The standard InChI is InChI=1S/C18H17F3N2O2/c1-22(12-14-7-3-5-9-16(14)25-18(19,20)21)17(24)23-11-10-13-6-2-4-8-15(13)23/h2-9H,10-12H2,1H3. The monoisotopic (exact) mass is 350 g/mol. The zero-order chi connectivity index (χ0) is 18.0.